The zero-order valence-electron chi connectivity index (χ0n) is 17.9. The van der Waals surface area contributed by atoms with Crippen molar-refractivity contribution in [1.82, 2.24) is 4.98 Å². The summed E-state index contributed by atoms with van der Waals surface area (Å²) in [6.07, 6.45) is 1.53. The number of benzene rings is 2. The molecule has 1 atom stereocenters. The maximum absolute atomic E-state index is 13.3. The van der Waals surface area contributed by atoms with Crippen LogP contribution in [0, 0.1) is 0 Å². The van der Waals surface area contributed by atoms with Crippen LogP contribution in [-0.4, -0.2) is 36.0 Å². The van der Waals surface area contributed by atoms with Gasteiger partial charge >= 0.3 is 0 Å². The topological polar surface area (TPSA) is 89.0 Å². The second-order valence-electron chi connectivity index (χ2n) is 7.19. The van der Waals surface area contributed by atoms with Gasteiger partial charge in [-0.2, -0.15) is 0 Å². The fourth-order valence-corrected chi connectivity index (χ4v) is 4.62. The Bertz CT molecular complexity index is 1310. The van der Waals surface area contributed by atoms with E-state index in [0.29, 0.717) is 16.4 Å². The number of hydrogen-bond acceptors (Lipinski definition) is 6. The molecule has 0 spiro atoms. The highest BCUT2D eigenvalue weighted by Crippen LogP contribution is 2.47. The SMILES string of the molecule is COc1c(Cl)cc(/C(O)=C2\C(=O)C(=O)N(c3ccc(Cl)cc3)C2c2ccccn2)c(OC)c1Cl. The maximum atomic E-state index is 13.3. The van der Waals surface area contributed by atoms with E-state index in [-0.39, 0.29) is 32.7 Å². The van der Waals surface area contributed by atoms with Crippen molar-refractivity contribution in [2.24, 2.45) is 0 Å². The van der Waals surface area contributed by atoms with E-state index in [1.807, 2.05) is 0 Å². The quantitative estimate of drug-likeness (QED) is 0.265. The number of anilines is 1. The molecular formula is C24H17Cl3N2O5. The summed E-state index contributed by atoms with van der Waals surface area (Å²) in [4.78, 5) is 32.0. The van der Waals surface area contributed by atoms with Crippen molar-refractivity contribution >= 4 is 57.9 Å². The number of pyridine rings is 1. The van der Waals surface area contributed by atoms with E-state index < -0.39 is 23.5 Å². The lowest BCUT2D eigenvalue weighted by atomic mass is 9.97. The molecule has 1 saturated heterocycles. The average molecular weight is 520 g/mol. The molecule has 2 aromatic carbocycles. The monoisotopic (exact) mass is 518 g/mol. The summed E-state index contributed by atoms with van der Waals surface area (Å²) in [6, 6.07) is 11.8. The number of ketones is 1. The largest absolute Gasteiger partial charge is 0.507 e. The van der Waals surface area contributed by atoms with Crippen molar-refractivity contribution < 1.29 is 24.2 Å². The average Bonchev–Trinajstić information content (AvgIpc) is 3.10. The number of aromatic nitrogens is 1. The van der Waals surface area contributed by atoms with Crippen LogP contribution in [0.25, 0.3) is 5.76 Å². The van der Waals surface area contributed by atoms with Crippen LogP contribution < -0.4 is 14.4 Å². The van der Waals surface area contributed by atoms with Crippen molar-refractivity contribution in [1.29, 1.82) is 0 Å². The first-order valence-corrected chi connectivity index (χ1v) is 11.0. The van der Waals surface area contributed by atoms with Crippen molar-refractivity contribution in [3.63, 3.8) is 0 Å². The highest BCUT2D eigenvalue weighted by Gasteiger charge is 2.48. The number of nitrogens with zero attached hydrogens (tertiary/aromatic N) is 2. The summed E-state index contributed by atoms with van der Waals surface area (Å²) in [7, 11) is 2.72. The third-order valence-corrected chi connectivity index (χ3v) is 6.19. The van der Waals surface area contributed by atoms with Crippen molar-refractivity contribution in [2.75, 3.05) is 19.1 Å². The summed E-state index contributed by atoms with van der Waals surface area (Å²) < 4.78 is 10.6. The predicted octanol–water partition coefficient (Wildman–Crippen LogP) is 5.69. The molecular weight excluding hydrogens is 503 g/mol. The molecule has 2 heterocycles. The summed E-state index contributed by atoms with van der Waals surface area (Å²) >= 11 is 18.7. The molecule has 4 rings (SSSR count). The van der Waals surface area contributed by atoms with Gasteiger partial charge in [0.25, 0.3) is 11.7 Å². The molecule has 0 bridgehead atoms. The number of ether oxygens (including phenoxy) is 2. The van der Waals surface area contributed by atoms with Crippen LogP contribution >= 0.6 is 34.8 Å². The molecule has 0 saturated carbocycles. The molecule has 1 fully saturated rings. The van der Waals surface area contributed by atoms with Gasteiger partial charge in [0.1, 0.15) is 16.8 Å². The summed E-state index contributed by atoms with van der Waals surface area (Å²) in [5, 5.41) is 11.9. The molecule has 1 aliphatic heterocycles. The normalized spacial score (nSPS) is 17.2. The lowest BCUT2D eigenvalue weighted by Gasteiger charge is -2.25. The van der Waals surface area contributed by atoms with Gasteiger partial charge in [-0.05, 0) is 42.5 Å². The summed E-state index contributed by atoms with van der Waals surface area (Å²) in [5.74, 6) is -2.11. The van der Waals surface area contributed by atoms with Crippen molar-refractivity contribution in [3.05, 3.63) is 86.6 Å². The fraction of sp³-hybridized carbons (Fsp3) is 0.125. The van der Waals surface area contributed by atoms with Gasteiger partial charge in [-0.25, -0.2) is 0 Å². The van der Waals surface area contributed by atoms with Crippen LogP contribution in [0.4, 0.5) is 5.69 Å². The Kier molecular flexibility index (Phi) is 6.70. The van der Waals surface area contributed by atoms with Crippen LogP contribution in [0.2, 0.25) is 15.1 Å². The van der Waals surface area contributed by atoms with Crippen LogP contribution in [0.1, 0.15) is 17.3 Å². The van der Waals surface area contributed by atoms with E-state index in [1.54, 1.807) is 42.5 Å². The van der Waals surface area contributed by atoms with Gasteiger partial charge in [0.2, 0.25) is 0 Å². The van der Waals surface area contributed by atoms with Gasteiger partial charge in [-0.1, -0.05) is 40.9 Å². The zero-order valence-corrected chi connectivity index (χ0v) is 20.1. The highest BCUT2D eigenvalue weighted by molar-refractivity contribution is 6.52. The second kappa shape index (κ2) is 9.54. The number of methoxy groups -OCH3 is 2. The maximum Gasteiger partial charge on any atom is 0.300 e. The van der Waals surface area contributed by atoms with E-state index in [9.17, 15) is 14.7 Å². The summed E-state index contributed by atoms with van der Waals surface area (Å²) in [6.45, 7) is 0. The molecule has 174 valence electrons. The first kappa shape index (κ1) is 23.9. The predicted molar refractivity (Wildman–Crippen MR) is 130 cm³/mol. The number of hydrogen-bond donors (Lipinski definition) is 1. The first-order chi connectivity index (χ1) is 16.3. The Morgan fingerprint density at radius 2 is 1.68 bits per heavy atom. The molecule has 10 heteroatoms. The standard InChI is InChI=1S/C24H17Cl3N2O5/c1-33-22-14(11-15(26)23(34-2)18(22)27)20(30)17-19(16-5-3-4-10-28-16)29(24(32)21(17)31)13-8-6-12(25)7-9-13/h3-11,19,30H,1-2H3/b20-17+. The molecule has 34 heavy (non-hydrogen) atoms. The zero-order chi connectivity index (χ0) is 24.6. The molecule has 0 radical (unpaired) electrons. The second-order valence-corrected chi connectivity index (χ2v) is 8.41. The van der Waals surface area contributed by atoms with Crippen LogP contribution in [0.5, 0.6) is 11.5 Å². The lowest BCUT2D eigenvalue weighted by Crippen LogP contribution is -2.29. The van der Waals surface area contributed by atoms with E-state index >= 15 is 0 Å². The highest BCUT2D eigenvalue weighted by atomic mass is 35.5. The number of aliphatic hydroxyl groups is 1. The third-order valence-electron chi connectivity index (χ3n) is 5.31. The number of Topliss-reactive ketones (excluding diaryl/α,β-unsaturated/α-hetero) is 1. The van der Waals surface area contributed by atoms with E-state index in [4.69, 9.17) is 44.3 Å². The van der Waals surface area contributed by atoms with Crippen molar-refractivity contribution in [2.45, 2.75) is 6.04 Å². The first-order valence-electron chi connectivity index (χ1n) is 9.88. The Hall–Kier alpha value is -3.26. The minimum absolute atomic E-state index is 0.000339. The smallest absolute Gasteiger partial charge is 0.300 e. The van der Waals surface area contributed by atoms with Crippen LogP contribution in [0.15, 0.2) is 60.3 Å². The molecule has 1 aromatic heterocycles. The van der Waals surface area contributed by atoms with E-state index in [0.717, 1.165) is 0 Å². The molecule has 0 aliphatic carbocycles. The molecule has 1 unspecified atom stereocenters. The van der Waals surface area contributed by atoms with Crippen LogP contribution in [0.3, 0.4) is 0 Å². The molecule has 1 aliphatic rings. The molecule has 1 N–H and O–H groups in total. The van der Waals surface area contributed by atoms with Gasteiger partial charge < -0.3 is 14.6 Å². The summed E-state index contributed by atoms with van der Waals surface area (Å²) in [5.41, 5.74) is 0.587. The Morgan fingerprint density at radius 1 is 1.00 bits per heavy atom. The fourth-order valence-electron chi connectivity index (χ4n) is 3.81. The molecule has 1 amide bonds. The number of aliphatic hydroxyl groups excluding tert-OH is 1. The van der Waals surface area contributed by atoms with Gasteiger partial charge in [0, 0.05) is 16.9 Å². The number of carbonyl (C=O) groups excluding carboxylic acids is 2. The minimum atomic E-state index is -1.04. The van der Waals surface area contributed by atoms with Gasteiger partial charge in [-0.3, -0.25) is 19.5 Å². The number of halogens is 3. The van der Waals surface area contributed by atoms with Crippen LogP contribution in [-0.2, 0) is 9.59 Å². The number of rotatable bonds is 5. The lowest BCUT2D eigenvalue weighted by molar-refractivity contribution is -0.132. The number of amides is 1. The van der Waals surface area contributed by atoms with Gasteiger partial charge in [0.05, 0.1) is 36.1 Å². The minimum Gasteiger partial charge on any atom is -0.507 e. The Balaban J connectivity index is 2.00. The number of carbonyl (C=O) groups is 2. The van der Waals surface area contributed by atoms with Gasteiger partial charge in [-0.15, -0.1) is 0 Å². The Morgan fingerprint density at radius 3 is 2.26 bits per heavy atom. The van der Waals surface area contributed by atoms with E-state index in [2.05, 4.69) is 4.98 Å². The van der Waals surface area contributed by atoms with Gasteiger partial charge in [0.15, 0.2) is 11.5 Å². The molecule has 7 nitrogen and oxygen atoms in total. The molecule has 3 aromatic rings. The van der Waals surface area contributed by atoms with E-state index in [1.165, 1.54) is 31.4 Å². The van der Waals surface area contributed by atoms with Crippen molar-refractivity contribution in [3.8, 4) is 11.5 Å². The third kappa shape index (κ3) is 3.96. The Labute approximate surface area is 210 Å².